The minimum absolute atomic E-state index is 0.154. The highest BCUT2D eigenvalue weighted by Crippen LogP contribution is 2.39. The van der Waals surface area contributed by atoms with Crippen LogP contribution in [0.3, 0.4) is 0 Å². The Balaban J connectivity index is 1.62. The molecule has 2 aliphatic heterocycles. The van der Waals surface area contributed by atoms with Gasteiger partial charge >= 0.3 is 0 Å². The molecule has 2 saturated heterocycles. The number of amides is 1. The maximum absolute atomic E-state index is 13.3. The number of rotatable bonds is 2. The van der Waals surface area contributed by atoms with E-state index in [2.05, 4.69) is 11.9 Å². The van der Waals surface area contributed by atoms with Crippen molar-refractivity contribution in [2.75, 3.05) is 33.2 Å². The summed E-state index contributed by atoms with van der Waals surface area (Å²) >= 11 is 0. The van der Waals surface area contributed by atoms with Gasteiger partial charge in [-0.1, -0.05) is 0 Å². The molecule has 4 rings (SSSR count). The Kier molecular flexibility index (Phi) is 4.43. The minimum atomic E-state index is -0.380. The lowest BCUT2D eigenvalue weighted by molar-refractivity contribution is -0.0731. The van der Waals surface area contributed by atoms with Gasteiger partial charge in [-0.15, -0.1) is 0 Å². The Hall–Kier alpha value is -1.66. The van der Waals surface area contributed by atoms with Gasteiger partial charge < -0.3 is 19.5 Å². The molecule has 26 heavy (non-hydrogen) atoms. The van der Waals surface area contributed by atoms with Crippen LogP contribution in [0.15, 0.2) is 17.1 Å². The lowest BCUT2D eigenvalue weighted by atomic mass is 9.71. The first-order chi connectivity index (χ1) is 12.4. The molecule has 0 aromatic carbocycles. The molecule has 1 amide bonds. The highest BCUT2D eigenvalue weighted by Gasteiger charge is 2.46. The topological polar surface area (TPSA) is 65.8 Å². The quantitative estimate of drug-likeness (QED) is 0.867. The van der Waals surface area contributed by atoms with Crippen LogP contribution in [0.4, 0.5) is 0 Å². The summed E-state index contributed by atoms with van der Waals surface area (Å²) in [5.41, 5.74) is 0.644. The molecule has 142 valence electrons. The Morgan fingerprint density at radius 2 is 2.00 bits per heavy atom. The number of aryl methyl sites for hydroxylation is 1. The van der Waals surface area contributed by atoms with Crippen molar-refractivity contribution in [1.82, 2.24) is 14.4 Å². The maximum Gasteiger partial charge on any atom is 0.263 e. The first-order valence-electron chi connectivity index (χ1n) is 9.79. The molecule has 0 unspecified atom stereocenters. The van der Waals surface area contributed by atoms with Crippen molar-refractivity contribution in [3.05, 3.63) is 33.7 Å². The van der Waals surface area contributed by atoms with Crippen LogP contribution in [-0.4, -0.2) is 64.7 Å². The van der Waals surface area contributed by atoms with E-state index < -0.39 is 0 Å². The van der Waals surface area contributed by atoms with Crippen molar-refractivity contribution in [2.24, 2.45) is 5.41 Å². The fourth-order valence-electron chi connectivity index (χ4n) is 4.80. The number of aliphatic hydroxyl groups is 1. The van der Waals surface area contributed by atoms with Gasteiger partial charge in [-0.25, -0.2) is 0 Å². The van der Waals surface area contributed by atoms with E-state index in [0.717, 1.165) is 50.8 Å². The van der Waals surface area contributed by atoms with Gasteiger partial charge in [0.05, 0.1) is 6.10 Å². The number of nitrogens with zero attached hydrogens (tertiary/aromatic N) is 3. The third kappa shape index (κ3) is 2.99. The van der Waals surface area contributed by atoms with Gasteiger partial charge in [-0.3, -0.25) is 9.59 Å². The van der Waals surface area contributed by atoms with Gasteiger partial charge in [-0.05, 0) is 57.7 Å². The first kappa shape index (κ1) is 17.7. The molecule has 6 heteroatoms. The van der Waals surface area contributed by atoms with Gasteiger partial charge in [0, 0.05) is 43.8 Å². The van der Waals surface area contributed by atoms with Gasteiger partial charge in [0.2, 0.25) is 0 Å². The van der Waals surface area contributed by atoms with Crippen LogP contribution in [-0.2, 0) is 0 Å². The van der Waals surface area contributed by atoms with Crippen molar-refractivity contribution in [1.29, 1.82) is 0 Å². The average Bonchev–Trinajstić information content (AvgIpc) is 3.43. The molecule has 0 radical (unpaired) electrons. The Morgan fingerprint density at radius 3 is 2.73 bits per heavy atom. The van der Waals surface area contributed by atoms with Crippen LogP contribution in [0.2, 0.25) is 0 Å². The molecule has 3 aliphatic rings. The van der Waals surface area contributed by atoms with Crippen molar-refractivity contribution in [2.45, 2.75) is 51.2 Å². The van der Waals surface area contributed by atoms with Crippen LogP contribution in [0, 0.1) is 12.3 Å². The number of hydrogen-bond donors (Lipinski definition) is 1. The summed E-state index contributed by atoms with van der Waals surface area (Å²) in [4.78, 5) is 30.2. The highest BCUT2D eigenvalue weighted by molar-refractivity contribution is 5.95. The second-order valence-electron chi connectivity index (χ2n) is 8.55. The number of aromatic nitrogens is 1. The molecule has 1 saturated carbocycles. The van der Waals surface area contributed by atoms with E-state index in [1.165, 1.54) is 0 Å². The van der Waals surface area contributed by atoms with E-state index in [4.69, 9.17) is 0 Å². The average molecular weight is 359 g/mol. The lowest BCUT2D eigenvalue weighted by Crippen LogP contribution is -2.59. The van der Waals surface area contributed by atoms with Crippen molar-refractivity contribution in [3.8, 4) is 0 Å². The van der Waals surface area contributed by atoms with Crippen LogP contribution >= 0.6 is 0 Å². The molecule has 6 nitrogen and oxygen atoms in total. The van der Waals surface area contributed by atoms with E-state index in [1.807, 2.05) is 24.1 Å². The van der Waals surface area contributed by atoms with E-state index in [1.54, 1.807) is 4.57 Å². The smallest absolute Gasteiger partial charge is 0.263 e. The largest absolute Gasteiger partial charge is 0.392 e. The van der Waals surface area contributed by atoms with E-state index in [9.17, 15) is 14.7 Å². The van der Waals surface area contributed by atoms with Gasteiger partial charge in [0.15, 0.2) is 0 Å². The third-order valence-corrected chi connectivity index (χ3v) is 6.45. The van der Waals surface area contributed by atoms with Crippen LogP contribution < -0.4 is 5.56 Å². The molecule has 1 aromatic rings. The van der Waals surface area contributed by atoms with Gasteiger partial charge in [-0.2, -0.15) is 0 Å². The zero-order valence-electron chi connectivity index (χ0n) is 15.8. The van der Waals surface area contributed by atoms with Crippen LogP contribution in [0.5, 0.6) is 0 Å². The first-order valence-corrected chi connectivity index (χ1v) is 9.79. The SMILES string of the molecule is Cc1ccn(C2CC2)c(=O)c1C(=O)N1CCC[C@]2(CN(C)CC[C@@H]2O)C1. The third-order valence-electron chi connectivity index (χ3n) is 6.45. The molecule has 2 atom stereocenters. The summed E-state index contributed by atoms with van der Waals surface area (Å²) in [6.45, 7) is 4.73. The summed E-state index contributed by atoms with van der Waals surface area (Å²) in [5, 5.41) is 10.7. The summed E-state index contributed by atoms with van der Waals surface area (Å²) in [5.74, 6) is -0.165. The molecule has 1 spiro atoms. The summed E-state index contributed by atoms with van der Waals surface area (Å²) < 4.78 is 1.73. The second-order valence-corrected chi connectivity index (χ2v) is 8.55. The molecule has 0 bridgehead atoms. The standard InChI is InChI=1S/C20H29N3O3/c1-14-6-11-23(15-4-5-15)19(26)17(14)18(25)22-9-3-8-20(13-22)12-21(2)10-7-16(20)24/h6,11,15-16,24H,3-5,7-10,12-13H2,1-2H3/t16-,20-/m0/s1. The fraction of sp³-hybridized carbons (Fsp3) is 0.700. The maximum atomic E-state index is 13.3. The number of piperidine rings is 2. The molecule has 1 aromatic heterocycles. The van der Waals surface area contributed by atoms with Gasteiger partial charge in [0.25, 0.3) is 11.5 Å². The predicted molar refractivity (Wildman–Crippen MR) is 99.4 cm³/mol. The number of hydrogen-bond acceptors (Lipinski definition) is 4. The number of likely N-dealkylation sites (tertiary alicyclic amines) is 2. The van der Waals surface area contributed by atoms with E-state index >= 15 is 0 Å². The minimum Gasteiger partial charge on any atom is -0.392 e. The Morgan fingerprint density at radius 1 is 1.23 bits per heavy atom. The monoisotopic (exact) mass is 359 g/mol. The van der Waals surface area contributed by atoms with Crippen LogP contribution in [0.1, 0.15) is 54.1 Å². The molecule has 3 heterocycles. The van der Waals surface area contributed by atoms with E-state index in [-0.39, 0.29) is 29.0 Å². The highest BCUT2D eigenvalue weighted by atomic mass is 16.3. The molecular weight excluding hydrogens is 330 g/mol. The zero-order valence-corrected chi connectivity index (χ0v) is 15.8. The Bertz CT molecular complexity index is 770. The van der Waals surface area contributed by atoms with Crippen molar-refractivity contribution < 1.29 is 9.90 Å². The molecular formula is C20H29N3O3. The number of aliphatic hydroxyl groups excluding tert-OH is 1. The molecule has 1 aliphatic carbocycles. The lowest BCUT2D eigenvalue weighted by Gasteiger charge is -2.50. The fourth-order valence-corrected chi connectivity index (χ4v) is 4.80. The molecule has 3 fully saturated rings. The van der Waals surface area contributed by atoms with E-state index in [0.29, 0.717) is 18.7 Å². The number of carbonyl (C=O) groups is 1. The summed E-state index contributed by atoms with van der Waals surface area (Å²) in [6.07, 6.45) is 6.03. The van der Waals surface area contributed by atoms with Gasteiger partial charge in [0.1, 0.15) is 5.56 Å². The summed E-state index contributed by atoms with van der Waals surface area (Å²) in [6, 6.07) is 2.15. The normalized spacial score (nSPS) is 30.0. The van der Waals surface area contributed by atoms with Crippen molar-refractivity contribution in [3.63, 3.8) is 0 Å². The molecule has 1 N–H and O–H groups in total. The number of carbonyl (C=O) groups excluding carboxylic acids is 1. The number of pyridine rings is 1. The Labute approximate surface area is 154 Å². The predicted octanol–water partition coefficient (Wildman–Crippen LogP) is 1.41. The zero-order chi connectivity index (χ0) is 18.5. The second kappa shape index (κ2) is 6.50. The summed E-state index contributed by atoms with van der Waals surface area (Å²) in [7, 11) is 2.07. The van der Waals surface area contributed by atoms with Crippen LogP contribution in [0.25, 0.3) is 0 Å². The van der Waals surface area contributed by atoms with Crippen molar-refractivity contribution >= 4 is 5.91 Å².